The standard InChI is InChI=1S/C12H15NO/c1-9(2)10-3-5-11(6-4-10)12-7-13-8-14-12/h3-6,8-9,12H,7H2,1-2H3. The zero-order chi connectivity index (χ0) is 9.97. The van der Waals surface area contributed by atoms with Crippen LogP contribution in [-0.4, -0.2) is 12.9 Å². The number of hydrogen-bond donors (Lipinski definition) is 0. The van der Waals surface area contributed by atoms with E-state index in [9.17, 15) is 0 Å². The normalized spacial score (nSPS) is 20.1. The molecule has 2 heteroatoms. The number of hydrogen-bond acceptors (Lipinski definition) is 2. The molecular formula is C12H15NO. The average molecular weight is 189 g/mol. The third kappa shape index (κ3) is 1.79. The minimum Gasteiger partial charge on any atom is -0.474 e. The molecule has 1 aliphatic heterocycles. The van der Waals surface area contributed by atoms with Crippen LogP contribution < -0.4 is 0 Å². The summed E-state index contributed by atoms with van der Waals surface area (Å²) < 4.78 is 5.35. The summed E-state index contributed by atoms with van der Waals surface area (Å²) >= 11 is 0. The Morgan fingerprint density at radius 3 is 2.50 bits per heavy atom. The molecule has 1 unspecified atom stereocenters. The SMILES string of the molecule is CC(C)c1ccc(C2CN=CO2)cc1. The maximum atomic E-state index is 5.35. The van der Waals surface area contributed by atoms with E-state index in [1.54, 1.807) is 6.40 Å². The van der Waals surface area contributed by atoms with Crippen LogP contribution in [0.5, 0.6) is 0 Å². The summed E-state index contributed by atoms with van der Waals surface area (Å²) in [7, 11) is 0. The fourth-order valence-corrected chi connectivity index (χ4v) is 1.58. The van der Waals surface area contributed by atoms with Crippen molar-refractivity contribution in [1.82, 2.24) is 0 Å². The van der Waals surface area contributed by atoms with Crippen LogP contribution in [0.3, 0.4) is 0 Å². The summed E-state index contributed by atoms with van der Waals surface area (Å²) in [6.07, 6.45) is 1.68. The van der Waals surface area contributed by atoms with Crippen molar-refractivity contribution in [3.8, 4) is 0 Å². The summed E-state index contributed by atoms with van der Waals surface area (Å²) in [6, 6.07) is 8.60. The first-order valence-corrected chi connectivity index (χ1v) is 5.01. The molecule has 1 aromatic carbocycles. The van der Waals surface area contributed by atoms with Crippen molar-refractivity contribution in [2.75, 3.05) is 6.54 Å². The summed E-state index contributed by atoms with van der Waals surface area (Å²) in [5.74, 6) is 0.588. The van der Waals surface area contributed by atoms with E-state index < -0.39 is 0 Å². The number of benzene rings is 1. The molecule has 0 N–H and O–H groups in total. The van der Waals surface area contributed by atoms with Gasteiger partial charge in [-0.25, -0.2) is 0 Å². The fourth-order valence-electron chi connectivity index (χ4n) is 1.58. The topological polar surface area (TPSA) is 21.6 Å². The summed E-state index contributed by atoms with van der Waals surface area (Å²) in [5.41, 5.74) is 2.58. The highest BCUT2D eigenvalue weighted by Gasteiger charge is 2.14. The first-order chi connectivity index (χ1) is 6.77. The van der Waals surface area contributed by atoms with Crippen molar-refractivity contribution in [2.45, 2.75) is 25.9 Å². The molecule has 0 radical (unpaired) electrons. The van der Waals surface area contributed by atoms with Gasteiger partial charge >= 0.3 is 0 Å². The van der Waals surface area contributed by atoms with Crippen molar-refractivity contribution in [2.24, 2.45) is 4.99 Å². The molecule has 1 atom stereocenters. The molecule has 1 heterocycles. The molecule has 1 aliphatic rings. The third-order valence-corrected chi connectivity index (χ3v) is 2.55. The molecule has 0 amide bonds. The van der Waals surface area contributed by atoms with Gasteiger partial charge in [-0.2, -0.15) is 0 Å². The Kier molecular flexibility index (Phi) is 2.53. The molecule has 0 spiro atoms. The Balaban J connectivity index is 2.13. The van der Waals surface area contributed by atoms with E-state index in [0.717, 1.165) is 6.54 Å². The maximum absolute atomic E-state index is 5.35. The van der Waals surface area contributed by atoms with E-state index in [0.29, 0.717) is 5.92 Å². The average Bonchev–Trinajstić information content (AvgIpc) is 2.71. The van der Waals surface area contributed by atoms with Gasteiger partial charge in [0.25, 0.3) is 0 Å². The van der Waals surface area contributed by atoms with Crippen LogP contribution in [0.1, 0.15) is 37.0 Å². The van der Waals surface area contributed by atoms with Gasteiger partial charge in [0.05, 0.1) is 6.54 Å². The van der Waals surface area contributed by atoms with Crippen LogP contribution in [0, 0.1) is 0 Å². The Labute approximate surface area is 84.6 Å². The van der Waals surface area contributed by atoms with Gasteiger partial charge in [-0.05, 0) is 17.0 Å². The Hall–Kier alpha value is -1.31. The van der Waals surface area contributed by atoms with Crippen molar-refractivity contribution in [3.05, 3.63) is 35.4 Å². The predicted molar refractivity (Wildman–Crippen MR) is 57.7 cm³/mol. The Bertz CT molecular complexity index is 319. The van der Waals surface area contributed by atoms with Gasteiger partial charge < -0.3 is 4.74 Å². The maximum Gasteiger partial charge on any atom is 0.170 e. The minimum atomic E-state index is 0.135. The van der Waals surface area contributed by atoms with Gasteiger partial charge in [0.15, 0.2) is 6.40 Å². The van der Waals surface area contributed by atoms with E-state index in [-0.39, 0.29) is 6.10 Å². The second kappa shape index (κ2) is 3.82. The number of nitrogens with zero attached hydrogens (tertiary/aromatic N) is 1. The van der Waals surface area contributed by atoms with Crippen molar-refractivity contribution < 1.29 is 4.74 Å². The van der Waals surface area contributed by atoms with Gasteiger partial charge in [0.2, 0.25) is 0 Å². The molecule has 0 saturated carbocycles. The van der Waals surface area contributed by atoms with Gasteiger partial charge in [-0.3, -0.25) is 4.99 Å². The smallest absolute Gasteiger partial charge is 0.170 e. The lowest BCUT2D eigenvalue weighted by Crippen LogP contribution is -2.00. The van der Waals surface area contributed by atoms with Gasteiger partial charge in [-0.1, -0.05) is 38.1 Å². The summed E-state index contributed by atoms with van der Waals surface area (Å²) in [6.45, 7) is 5.15. The number of rotatable bonds is 2. The highest BCUT2D eigenvalue weighted by Crippen LogP contribution is 2.22. The van der Waals surface area contributed by atoms with Crippen LogP contribution in [0.25, 0.3) is 0 Å². The van der Waals surface area contributed by atoms with Crippen LogP contribution in [0.2, 0.25) is 0 Å². The van der Waals surface area contributed by atoms with Crippen molar-refractivity contribution >= 4 is 6.40 Å². The summed E-state index contributed by atoms with van der Waals surface area (Å²) in [4.78, 5) is 4.05. The van der Waals surface area contributed by atoms with E-state index in [4.69, 9.17) is 4.74 Å². The number of aliphatic imine (C=N–C) groups is 1. The zero-order valence-electron chi connectivity index (χ0n) is 8.60. The molecule has 0 aromatic heterocycles. The fraction of sp³-hybridized carbons (Fsp3) is 0.417. The van der Waals surface area contributed by atoms with E-state index in [1.807, 2.05) is 0 Å². The van der Waals surface area contributed by atoms with Crippen LogP contribution in [-0.2, 0) is 4.74 Å². The summed E-state index contributed by atoms with van der Waals surface area (Å²) in [5, 5.41) is 0. The Morgan fingerprint density at radius 1 is 1.29 bits per heavy atom. The largest absolute Gasteiger partial charge is 0.474 e. The first kappa shape index (κ1) is 9.25. The molecule has 0 aliphatic carbocycles. The van der Waals surface area contributed by atoms with E-state index >= 15 is 0 Å². The third-order valence-electron chi connectivity index (χ3n) is 2.55. The molecule has 0 bridgehead atoms. The molecular weight excluding hydrogens is 174 g/mol. The van der Waals surface area contributed by atoms with Crippen molar-refractivity contribution in [3.63, 3.8) is 0 Å². The molecule has 74 valence electrons. The molecule has 1 aromatic rings. The second-order valence-electron chi connectivity index (χ2n) is 3.92. The molecule has 14 heavy (non-hydrogen) atoms. The highest BCUT2D eigenvalue weighted by atomic mass is 16.5. The highest BCUT2D eigenvalue weighted by molar-refractivity contribution is 5.50. The van der Waals surface area contributed by atoms with Gasteiger partial charge in [-0.15, -0.1) is 0 Å². The molecule has 0 saturated heterocycles. The monoisotopic (exact) mass is 189 g/mol. The predicted octanol–water partition coefficient (Wildman–Crippen LogP) is 2.91. The van der Waals surface area contributed by atoms with E-state index in [2.05, 4.69) is 43.1 Å². The molecule has 2 nitrogen and oxygen atoms in total. The molecule has 0 fully saturated rings. The minimum absolute atomic E-state index is 0.135. The lowest BCUT2D eigenvalue weighted by Gasteiger charge is -2.11. The zero-order valence-corrected chi connectivity index (χ0v) is 8.60. The van der Waals surface area contributed by atoms with Gasteiger partial charge in [0, 0.05) is 0 Å². The van der Waals surface area contributed by atoms with Crippen LogP contribution in [0.15, 0.2) is 29.3 Å². The Morgan fingerprint density at radius 2 is 2.00 bits per heavy atom. The van der Waals surface area contributed by atoms with Crippen LogP contribution >= 0.6 is 0 Å². The molecule has 2 rings (SSSR count). The van der Waals surface area contributed by atoms with Crippen molar-refractivity contribution in [1.29, 1.82) is 0 Å². The quantitative estimate of drug-likeness (QED) is 0.701. The first-order valence-electron chi connectivity index (χ1n) is 5.01. The lowest BCUT2D eigenvalue weighted by atomic mass is 10.00. The van der Waals surface area contributed by atoms with Crippen LogP contribution in [0.4, 0.5) is 0 Å². The lowest BCUT2D eigenvalue weighted by molar-refractivity contribution is 0.240. The van der Waals surface area contributed by atoms with Gasteiger partial charge in [0.1, 0.15) is 6.10 Å². The number of ether oxygens (including phenoxy) is 1. The van der Waals surface area contributed by atoms with E-state index in [1.165, 1.54) is 11.1 Å². The second-order valence-corrected chi connectivity index (χ2v) is 3.92.